The zero-order valence-corrected chi connectivity index (χ0v) is 14.0. The SMILES string of the molecule is NC(=S)c1ccc(N2CCC3CCCCC3C2)cc1Br. The van der Waals surface area contributed by atoms with Crippen LogP contribution in [0.2, 0.25) is 0 Å². The lowest BCUT2D eigenvalue weighted by Crippen LogP contribution is -2.41. The van der Waals surface area contributed by atoms with Gasteiger partial charge in [0.05, 0.1) is 0 Å². The first-order chi connectivity index (χ1) is 9.65. The van der Waals surface area contributed by atoms with E-state index in [2.05, 4.69) is 33.0 Å². The molecule has 2 atom stereocenters. The van der Waals surface area contributed by atoms with E-state index in [1.54, 1.807) is 0 Å². The van der Waals surface area contributed by atoms with Crippen LogP contribution < -0.4 is 10.6 Å². The number of benzene rings is 1. The smallest absolute Gasteiger partial charge is 0.105 e. The molecule has 2 nitrogen and oxygen atoms in total. The van der Waals surface area contributed by atoms with Crippen molar-refractivity contribution in [3.63, 3.8) is 0 Å². The van der Waals surface area contributed by atoms with Gasteiger partial charge in [0.15, 0.2) is 0 Å². The van der Waals surface area contributed by atoms with Crippen molar-refractivity contribution in [1.82, 2.24) is 0 Å². The summed E-state index contributed by atoms with van der Waals surface area (Å²) in [5, 5.41) is 0. The van der Waals surface area contributed by atoms with Crippen molar-refractivity contribution in [2.45, 2.75) is 32.1 Å². The lowest BCUT2D eigenvalue weighted by atomic mass is 9.75. The van der Waals surface area contributed by atoms with Gasteiger partial charge in [0.1, 0.15) is 4.99 Å². The Kier molecular flexibility index (Phi) is 4.32. The highest BCUT2D eigenvalue weighted by Gasteiger charge is 2.31. The first kappa shape index (κ1) is 14.3. The predicted molar refractivity (Wildman–Crippen MR) is 92.3 cm³/mol. The van der Waals surface area contributed by atoms with Crippen molar-refractivity contribution in [3.05, 3.63) is 28.2 Å². The Bertz CT molecular complexity index is 517. The second-order valence-corrected chi connectivity index (χ2v) is 7.36. The average Bonchev–Trinajstić information content (AvgIpc) is 2.46. The summed E-state index contributed by atoms with van der Waals surface area (Å²) < 4.78 is 1.01. The normalized spacial score (nSPS) is 26.1. The van der Waals surface area contributed by atoms with Gasteiger partial charge >= 0.3 is 0 Å². The molecular weight excluding hydrogens is 332 g/mol. The van der Waals surface area contributed by atoms with Crippen molar-refractivity contribution in [2.24, 2.45) is 17.6 Å². The van der Waals surface area contributed by atoms with Gasteiger partial charge in [-0.3, -0.25) is 0 Å². The zero-order valence-electron chi connectivity index (χ0n) is 11.6. The van der Waals surface area contributed by atoms with E-state index >= 15 is 0 Å². The van der Waals surface area contributed by atoms with E-state index in [-0.39, 0.29) is 0 Å². The van der Waals surface area contributed by atoms with Gasteiger partial charge in [0, 0.05) is 28.8 Å². The highest BCUT2D eigenvalue weighted by molar-refractivity contribution is 9.10. The van der Waals surface area contributed by atoms with Crippen molar-refractivity contribution in [1.29, 1.82) is 0 Å². The summed E-state index contributed by atoms with van der Waals surface area (Å²) in [6, 6.07) is 6.36. The number of hydrogen-bond acceptors (Lipinski definition) is 2. The minimum absolute atomic E-state index is 0.453. The summed E-state index contributed by atoms with van der Waals surface area (Å²) in [7, 11) is 0. The minimum atomic E-state index is 0.453. The molecule has 2 N–H and O–H groups in total. The van der Waals surface area contributed by atoms with Gasteiger partial charge in [-0.1, -0.05) is 31.5 Å². The Balaban J connectivity index is 1.76. The number of anilines is 1. The molecule has 1 aliphatic heterocycles. The molecule has 20 heavy (non-hydrogen) atoms. The summed E-state index contributed by atoms with van der Waals surface area (Å²) in [6.45, 7) is 2.39. The van der Waals surface area contributed by atoms with E-state index in [0.29, 0.717) is 4.99 Å². The molecule has 0 bridgehead atoms. The Hall–Kier alpha value is -0.610. The Morgan fingerprint density at radius 2 is 1.95 bits per heavy atom. The van der Waals surface area contributed by atoms with Crippen LogP contribution in [0.3, 0.4) is 0 Å². The molecule has 0 aromatic heterocycles. The minimum Gasteiger partial charge on any atom is -0.389 e. The van der Waals surface area contributed by atoms with Gasteiger partial charge in [-0.15, -0.1) is 0 Å². The molecule has 2 unspecified atom stereocenters. The van der Waals surface area contributed by atoms with Crippen LogP contribution in [-0.2, 0) is 0 Å². The third kappa shape index (κ3) is 2.86. The third-order valence-electron chi connectivity index (χ3n) is 4.87. The van der Waals surface area contributed by atoms with Gasteiger partial charge in [0.2, 0.25) is 0 Å². The van der Waals surface area contributed by atoms with E-state index < -0.39 is 0 Å². The molecule has 0 amide bonds. The van der Waals surface area contributed by atoms with Crippen LogP contribution in [0.15, 0.2) is 22.7 Å². The van der Waals surface area contributed by atoms with Crippen LogP contribution >= 0.6 is 28.1 Å². The summed E-state index contributed by atoms with van der Waals surface area (Å²) >= 11 is 8.65. The summed E-state index contributed by atoms with van der Waals surface area (Å²) in [5.41, 5.74) is 7.94. The number of nitrogens with two attached hydrogens (primary N) is 1. The summed E-state index contributed by atoms with van der Waals surface area (Å²) in [4.78, 5) is 2.98. The number of hydrogen-bond donors (Lipinski definition) is 1. The number of halogens is 1. The Labute approximate surface area is 134 Å². The van der Waals surface area contributed by atoms with Gasteiger partial charge in [-0.25, -0.2) is 0 Å². The van der Waals surface area contributed by atoms with Crippen LogP contribution in [0.5, 0.6) is 0 Å². The number of rotatable bonds is 2. The molecule has 2 aliphatic rings. The van der Waals surface area contributed by atoms with Crippen LogP contribution in [0.4, 0.5) is 5.69 Å². The van der Waals surface area contributed by atoms with Gasteiger partial charge in [-0.2, -0.15) is 0 Å². The highest BCUT2D eigenvalue weighted by Crippen LogP contribution is 2.38. The number of nitrogens with zero attached hydrogens (tertiary/aromatic N) is 1. The first-order valence-corrected chi connectivity index (χ1v) is 8.69. The first-order valence-electron chi connectivity index (χ1n) is 7.49. The van der Waals surface area contributed by atoms with E-state index in [0.717, 1.165) is 21.9 Å². The fourth-order valence-corrected chi connectivity index (χ4v) is 4.63. The molecule has 1 aromatic rings. The lowest BCUT2D eigenvalue weighted by Gasteiger charge is -2.42. The monoisotopic (exact) mass is 352 g/mol. The molecule has 1 heterocycles. The maximum Gasteiger partial charge on any atom is 0.105 e. The topological polar surface area (TPSA) is 29.3 Å². The van der Waals surface area contributed by atoms with Crippen molar-refractivity contribution >= 4 is 38.8 Å². The van der Waals surface area contributed by atoms with Gasteiger partial charge < -0.3 is 10.6 Å². The van der Waals surface area contributed by atoms with E-state index in [1.165, 1.54) is 50.9 Å². The van der Waals surface area contributed by atoms with E-state index in [4.69, 9.17) is 18.0 Å². The van der Waals surface area contributed by atoms with E-state index in [9.17, 15) is 0 Å². The lowest BCUT2D eigenvalue weighted by molar-refractivity contribution is 0.202. The summed E-state index contributed by atoms with van der Waals surface area (Å²) in [5.74, 6) is 1.87. The molecule has 108 valence electrons. The summed E-state index contributed by atoms with van der Waals surface area (Å²) in [6.07, 6.45) is 7.06. The molecule has 4 heteroatoms. The van der Waals surface area contributed by atoms with Crippen molar-refractivity contribution < 1.29 is 0 Å². The molecule has 0 radical (unpaired) electrons. The van der Waals surface area contributed by atoms with E-state index in [1.807, 2.05) is 6.07 Å². The fraction of sp³-hybridized carbons (Fsp3) is 0.562. The molecule has 1 aliphatic carbocycles. The second-order valence-electron chi connectivity index (χ2n) is 6.07. The highest BCUT2D eigenvalue weighted by atomic mass is 79.9. The number of thiocarbonyl (C=S) groups is 1. The standard InChI is InChI=1S/C16H21BrN2S/c17-15-9-13(5-6-14(15)16(18)20)19-8-7-11-3-1-2-4-12(11)10-19/h5-6,9,11-12H,1-4,7-8,10H2,(H2,18,20). The predicted octanol–water partition coefficient (Wildman–Crippen LogP) is 4.10. The molecule has 1 saturated heterocycles. The molecule has 3 rings (SSSR count). The largest absolute Gasteiger partial charge is 0.389 e. The molecule has 1 saturated carbocycles. The zero-order chi connectivity index (χ0) is 14.1. The number of piperidine rings is 1. The Morgan fingerprint density at radius 1 is 1.20 bits per heavy atom. The number of fused-ring (bicyclic) bond motifs is 1. The van der Waals surface area contributed by atoms with Crippen LogP contribution in [0.1, 0.15) is 37.7 Å². The maximum absolute atomic E-state index is 5.72. The van der Waals surface area contributed by atoms with Crippen LogP contribution in [0, 0.1) is 11.8 Å². The quantitative estimate of drug-likeness (QED) is 0.812. The maximum atomic E-state index is 5.72. The van der Waals surface area contributed by atoms with Crippen LogP contribution in [0.25, 0.3) is 0 Å². The van der Waals surface area contributed by atoms with Gasteiger partial charge in [-0.05, 0) is 58.8 Å². The Morgan fingerprint density at radius 3 is 2.65 bits per heavy atom. The molecule has 1 aromatic carbocycles. The molecule has 2 fully saturated rings. The van der Waals surface area contributed by atoms with Crippen molar-refractivity contribution in [3.8, 4) is 0 Å². The third-order valence-corrected chi connectivity index (χ3v) is 5.75. The molecular formula is C16H21BrN2S. The average molecular weight is 353 g/mol. The van der Waals surface area contributed by atoms with Crippen molar-refractivity contribution in [2.75, 3.05) is 18.0 Å². The molecule has 0 spiro atoms. The second kappa shape index (κ2) is 6.02. The fourth-order valence-electron chi connectivity index (χ4n) is 3.74. The van der Waals surface area contributed by atoms with Crippen LogP contribution in [-0.4, -0.2) is 18.1 Å². The van der Waals surface area contributed by atoms with Gasteiger partial charge in [0.25, 0.3) is 0 Å².